The second kappa shape index (κ2) is 8.41. The fraction of sp³-hybridized carbons (Fsp3) is 0.130. The second-order valence-electron chi connectivity index (χ2n) is 6.48. The van der Waals surface area contributed by atoms with Gasteiger partial charge in [-0.3, -0.25) is 9.69 Å². The SMILES string of the molecule is Cc1ccccc1OCC(=O)OCC(=O)N1c2ccccc2Sc2ccccc21. The molecular weight excluding hydrogens is 386 g/mol. The quantitative estimate of drug-likeness (QED) is 0.574. The minimum Gasteiger partial charge on any atom is -0.482 e. The van der Waals surface area contributed by atoms with E-state index < -0.39 is 5.97 Å². The zero-order chi connectivity index (χ0) is 20.2. The molecule has 0 radical (unpaired) electrons. The van der Waals surface area contributed by atoms with Crippen molar-refractivity contribution in [2.45, 2.75) is 16.7 Å². The minimum absolute atomic E-state index is 0.249. The Bertz CT molecular complexity index is 1020. The summed E-state index contributed by atoms with van der Waals surface area (Å²) in [7, 11) is 0. The van der Waals surface area contributed by atoms with Crippen molar-refractivity contribution in [2.75, 3.05) is 18.1 Å². The summed E-state index contributed by atoms with van der Waals surface area (Å²) in [6, 6.07) is 22.8. The number of para-hydroxylation sites is 3. The Labute approximate surface area is 173 Å². The van der Waals surface area contributed by atoms with Crippen molar-refractivity contribution in [2.24, 2.45) is 0 Å². The Balaban J connectivity index is 1.44. The van der Waals surface area contributed by atoms with Crippen molar-refractivity contribution in [3.63, 3.8) is 0 Å². The summed E-state index contributed by atoms with van der Waals surface area (Å²) in [5.41, 5.74) is 2.50. The molecule has 1 aliphatic heterocycles. The topological polar surface area (TPSA) is 55.8 Å². The van der Waals surface area contributed by atoms with Crippen LogP contribution in [0.25, 0.3) is 0 Å². The van der Waals surface area contributed by atoms with Gasteiger partial charge >= 0.3 is 5.97 Å². The fourth-order valence-corrected chi connectivity index (χ4v) is 4.13. The average Bonchev–Trinajstić information content (AvgIpc) is 2.75. The predicted octanol–water partition coefficient (Wildman–Crippen LogP) is 4.75. The van der Waals surface area contributed by atoms with Crippen LogP contribution < -0.4 is 9.64 Å². The van der Waals surface area contributed by atoms with Crippen molar-refractivity contribution in [1.29, 1.82) is 0 Å². The number of benzene rings is 3. The second-order valence-corrected chi connectivity index (χ2v) is 7.57. The van der Waals surface area contributed by atoms with E-state index in [0.717, 1.165) is 26.7 Å². The summed E-state index contributed by atoms with van der Waals surface area (Å²) in [6.45, 7) is 1.29. The van der Waals surface area contributed by atoms with Gasteiger partial charge in [-0.05, 0) is 42.8 Å². The van der Waals surface area contributed by atoms with Gasteiger partial charge in [0, 0.05) is 9.79 Å². The molecule has 146 valence electrons. The van der Waals surface area contributed by atoms with Gasteiger partial charge in [-0.1, -0.05) is 54.2 Å². The number of carbonyl (C=O) groups excluding carboxylic acids is 2. The zero-order valence-electron chi connectivity index (χ0n) is 15.8. The number of amides is 1. The van der Waals surface area contributed by atoms with E-state index in [0.29, 0.717) is 5.75 Å². The number of fused-ring (bicyclic) bond motifs is 2. The molecule has 0 atom stereocenters. The molecule has 0 unspecified atom stereocenters. The lowest BCUT2D eigenvalue weighted by molar-refractivity contribution is -0.149. The fourth-order valence-electron chi connectivity index (χ4n) is 3.08. The highest BCUT2D eigenvalue weighted by molar-refractivity contribution is 7.99. The summed E-state index contributed by atoms with van der Waals surface area (Å²) in [5, 5.41) is 0. The molecule has 0 aromatic heterocycles. The highest BCUT2D eigenvalue weighted by atomic mass is 32.2. The van der Waals surface area contributed by atoms with Gasteiger partial charge in [0.2, 0.25) is 0 Å². The summed E-state index contributed by atoms with van der Waals surface area (Å²) in [5.74, 6) is -0.282. The number of esters is 1. The largest absolute Gasteiger partial charge is 0.482 e. The molecule has 1 heterocycles. The van der Waals surface area contributed by atoms with E-state index in [4.69, 9.17) is 9.47 Å². The van der Waals surface area contributed by atoms with Crippen LogP contribution in [-0.4, -0.2) is 25.1 Å². The van der Waals surface area contributed by atoms with Gasteiger partial charge in [-0.2, -0.15) is 0 Å². The first kappa shape index (κ1) is 19.1. The van der Waals surface area contributed by atoms with Crippen LogP contribution in [0.3, 0.4) is 0 Å². The van der Waals surface area contributed by atoms with Crippen LogP contribution in [0.4, 0.5) is 11.4 Å². The zero-order valence-corrected chi connectivity index (χ0v) is 16.6. The molecule has 1 amide bonds. The highest BCUT2D eigenvalue weighted by Crippen LogP contribution is 2.47. The van der Waals surface area contributed by atoms with Crippen molar-refractivity contribution in [1.82, 2.24) is 0 Å². The van der Waals surface area contributed by atoms with E-state index >= 15 is 0 Å². The molecule has 0 fully saturated rings. The van der Waals surface area contributed by atoms with Crippen LogP contribution in [0.15, 0.2) is 82.6 Å². The smallest absolute Gasteiger partial charge is 0.344 e. The maximum atomic E-state index is 13.0. The molecule has 5 nitrogen and oxygen atoms in total. The Kier molecular flexibility index (Phi) is 5.53. The first-order chi connectivity index (χ1) is 14.1. The lowest BCUT2D eigenvalue weighted by atomic mass is 10.2. The van der Waals surface area contributed by atoms with E-state index in [1.54, 1.807) is 22.7 Å². The maximum absolute atomic E-state index is 13.0. The van der Waals surface area contributed by atoms with Crippen LogP contribution >= 0.6 is 11.8 Å². The van der Waals surface area contributed by atoms with Gasteiger partial charge < -0.3 is 9.47 Å². The van der Waals surface area contributed by atoms with Gasteiger partial charge in [0.1, 0.15) is 5.75 Å². The molecule has 0 bridgehead atoms. The van der Waals surface area contributed by atoms with Gasteiger partial charge in [-0.25, -0.2) is 4.79 Å². The minimum atomic E-state index is -0.588. The third-order valence-electron chi connectivity index (χ3n) is 4.48. The maximum Gasteiger partial charge on any atom is 0.344 e. The molecule has 29 heavy (non-hydrogen) atoms. The van der Waals surface area contributed by atoms with Crippen molar-refractivity contribution >= 4 is 35.0 Å². The molecular formula is C23H19NO4S. The molecule has 3 aromatic carbocycles. The molecule has 0 saturated carbocycles. The van der Waals surface area contributed by atoms with E-state index in [2.05, 4.69) is 0 Å². The van der Waals surface area contributed by atoms with E-state index in [-0.39, 0.29) is 19.1 Å². The van der Waals surface area contributed by atoms with Gasteiger partial charge in [0.05, 0.1) is 11.4 Å². The van der Waals surface area contributed by atoms with E-state index in [9.17, 15) is 9.59 Å². The third-order valence-corrected chi connectivity index (χ3v) is 5.61. The summed E-state index contributed by atoms with van der Waals surface area (Å²) in [6.07, 6.45) is 0. The average molecular weight is 405 g/mol. The van der Waals surface area contributed by atoms with Gasteiger partial charge in [-0.15, -0.1) is 0 Å². The number of anilines is 2. The molecule has 3 aromatic rings. The lowest BCUT2D eigenvalue weighted by Gasteiger charge is -2.30. The Morgan fingerprint density at radius 1 is 0.828 bits per heavy atom. The molecule has 0 saturated heterocycles. The first-order valence-electron chi connectivity index (χ1n) is 9.16. The number of nitrogens with zero attached hydrogens (tertiary/aromatic N) is 1. The van der Waals surface area contributed by atoms with E-state index in [1.165, 1.54) is 0 Å². The normalized spacial score (nSPS) is 12.0. The number of rotatable bonds is 5. The predicted molar refractivity (Wildman–Crippen MR) is 112 cm³/mol. The molecule has 0 aliphatic carbocycles. The van der Waals surface area contributed by atoms with Crippen LogP contribution in [0.2, 0.25) is 0 Å². The number of carbonyl (C=O) groups is 2. The van der Waals surface area contributed by atoms with Crippen LogP contribution in [0.1, 0.15) is 5.56 Å². The van der Waals surface area contributed by atoms with Gasteiger partial charge in [0.15, 0.2) is 13.2 Å². The van der Waals surface area contributed by atoms with Crippen LogP contribution in [-0.2, 0) is 14.3 Å². The molecule has 1 aliphatic rings. The number of aryl methyl sites for hydroxylation is 1. The highest BCUT2D eigenvalue weighted by Gasteiger charge is 2.28. The van der Waals surface area contributed by atoms with E-state index in [1.807, 2.05) is 73.7 Å². The first-order valence-corrected chi connectivity index (χ1v) is 9.98. The summed E-state index contributed by atoms with van der Waals surface area (Å²) < 4.78 is 10.7. The standard InChI is InChI=1S/C23H19NO4S/c1-16-8-2-5-11-19(16)27-15-23(26)28-14-22(25)24-17-9-3-6-12-20(17)29-21-13-7-4-10-18(21)24/h2-13H,14-15H2,1H3. The number of hydrogen-bond donors (Lipinski definition) is 0. The van der Waals surface area contributed by atoms with Crippen LogP contribution in [0, 0.1) is 6.92 Å². The molecule has 6 heteroatoms. The lowest BCUT2D eigenvalue weighted by Crippen LogP contribution is -2.33. The summed E-state index contributed by atoms with van der Waals surface area (Å²) >= 11 is 1.61. The Morgan fingerprint density at radius 3 is 2.07 bits per heavy atom. The van der Waals surface area contributed by atoms with Crippen molar-refractivity contribution < 1.29 is 19.1 Å². The number of ether oxygens (including phenoxy) is 2. The van der Waals surface area contributed by atoms with Crippen LogP contribution in [0.5, 0.6) is 5.75 Å². The van der Waals surface area contributed by atoms with Gasteiger partial charge in [0.25, 0.3) is 5.91 Å². The van der Waals surface area contributed by atoms with Crippen molar-refractivity contribution in [3.05, 3.63) is 78.4 Å². The third kappa shape index (κ3) is 4.12. The molecule has 0 spiro atoms. The Morgan fingerprint density at radius 2 is 1.41 bits per heavy atom. The van der Waals surface area contributed by atoms with Crippen molar-refractivity contribution in [3.8, 4) is 5.75 Å². The number of hydrogen-bond acceptors (Lipinski definition) is 5. The molecule has 4 rings (SSSR count). The monoisotopic (exact) mass is 405 g/mol. The summed E-state index contributed by atoms with van der Waals surface area (Å²) in [4.78, 5) is 28.6. The Hall–Kier alpha value is -3.25. The molecule has 0 N–H and O–H groups in total.